The van der Waals surface area contributed by atoms with Gasteiger partial charge in [0, 0.05) is 12.3 Å². The zero-order chi connectivity index (χ0) is 8.91. The van der Waals surface area contributed by atoms with Crippen molar-refractivity contribution in [3.05, 3.63) is 0 Å². The van der Waals surface area contributed by atoms with Gasteiger partial charge in [0.25, 0.3) is 0 Å². The molecule has 3 heteroatoms. The summed E-state index contributed by atoms with van der Waals surface area (Å²) in [5.41, 5.74) is 3.16. The highest BCUT2D eigenvalue weighted by molar-refractivity contribution is 6.83. The van der Waals surface area contributed by atoms with Crippen LogP contribution in [-0.4, -0.2) is 25.2 Å². The van der Waals surface area contributed by atoms with Crippen LogP contribution in [0.4, 0.5) is 0 Å². The van der Waals surface area contributed by atoms with Crippen LogP contribution in [0, 0.1) is 11.5 Å². The summed E-state index contributed by atoms with van der Waals surface area (Å²) < 4.78 is 0. The number of aliphatic hydroxyl groups is 1. The molecule has 1 N–H and O–H groups in total. The van der Waals surface area contributed by atoms with E-state index in [0.29, 0.717) is 6.42 Å². The Morgan fingerprint density at radius 1 is 1.45 bits per heavy atom. The molecule has 0 spiro atoms. The summed E-state index contributed by atoms with van der Waals surface area (Å²) >= 11 is 5.40. The van der Waals surface area contributed by atoms with E-state index in [0.717, 1.165) is 0 Å². The van der Waals surface area contributed by atoms with Gasteiger partial charge >= 0.3 is 0 Å². The van der Waals surface area contributed by atoms with E-state index in [1.54, 1.807) is 0 Å². The lowest BCUT2D eigenvalue weighted by Crippen LogP contribution is -2.17. The van der Waals surface area contributed by atoms with Crippen LogP contribution in [-0.2, 0) is 0 Å². The van der Waals surface area contributed by atoms with Crippen molar-refractivity contribution in [2.24, 2.45) is 0 Å². The van der Waals surface area contributed by atoms with Crippen LogP contribution < -0.4 is 0 Å². The van der Waals surface area contributed by atoms with E-state index < -0.39 is 14.2 Å². The molecule has 0 saturated heterocycles. The van der Waals surface area contributed by atoms with Crippen LogP contribution in [0.25, 0.3) is 0 Å². The first-order valence-electron chi connectivity index (χ1n) is 3.70. The summed E-state index contributed by atoms with van der Waals surface area (Å²) in [6.45, 7) is 6.52. The Labute approximate surface area is 74.8 Å². The van der Waals surface area contributed by atoms with E-state index in [2.05, 4.69) is 31.1 Å². The van der Waals surface area contributed by atoms with Crippen molar-refractivity contribution in [1.29, 1.82) is 0 Å². The maximum atomic E-state index is 9.04. The van der Waals surface area contributed by atoms with Gasteiger partial charge in [0.05, 0.1) is 6.10 Å². The zero-order valence-electron chi connectivity index (χ0n) is 7.32. The lowest BCUT2D eigenvalue weighted by Gasteiger charge is -2.04. The highest BCUT2D eigenvalue weighted by Gasteiger charge is 2.07. The van der Waals surface area contributed by atoms with E-state index in [9.17, 15) is 0 Å². The molecule has 0 bridgehead atoms. The van der Waals surface area contributed by atoms with Gasteiger partial charge in [0.15, 0.2) is 0 Å². The Kier molecular flexibility index (Phi) is 4.83. The van der Waals surface area contributed by atoms with E-state index in [1.165, 1.54) is 0 Å². The second-order valence-electron chi connectivity index (χ2n) is 3.56. The Hall–Kier alpha value is 0.0269. The van der Waals surface area contributed by atoms with Crippen molar-refractivity contribution >= 4 is 19.7 Å². The minimum absolute atomic E-state index is 0.278. The molecule has 0 amide bonds. The van der Waals surface area contributed by atoms with Gasteiger partial charge in [0.2, 0.25) is 0 Å². The molecule has 0 heterocycles. The number of hydrogen-bond acceptors (Lipinski definition) is 1. The highest BCUT2D eigenvalue weighted by atomic mass is 35.5. The normalized spacial score (nSPS) is 13.5. The molecule has 1 nitrogen and oxygen atoms in total. The van der Waals surface area contributed by atoms with Gasteiger partial charge in [-0.15, -0.1) is 23.1 Å². The van der Waals surface area contributed by atoms with Crippen LogP contribution >= 0.6 is 11.6 Å². The molecule has 0 aromatic heterocycles. The van der Waals surface area contributed by atoms with Crippen LogP contribution in [0.3, 0.4) is 0 Å². The standard InChI is InChI=1S/C8H15ClOSi/c1-11(2,3)6-4-5-8(10)7-9/h8,10H,5,7H2,1-3H3. The van der Waals surface area contributed by atoms with Gasteiger partial charge in [-0.2, -0.15) is 0 Å². The molecular weight excluding hydrogens is 176 g/mol. The average molecular weight is 191 g/mol. The molecule has 0 aromatic carbocycles. The summed E-state index contributed by atoms with van der Waals surface area (Å²) in [5, 5.41) is 9.04. The molecule has 0 saturated carbocycles. The number of aliphatic hydroxyl groups excluding tert-OH is 1. The number of rotatable bonds is 2. The molecule has 0 fully saturated rings. The topological polar surface area (TPSA) is 20.2 Å². The lowest BCUT2D eigenvalue weighted by molar-refractivity contribution is 0.204. The van der Waals surface area contributed by atoms with Crippen LogP contribution in [0.2, 0.25) is 19.6 Å². The van der Waals surface area contributed by atoms with Gasteiger partial charge in [-0.1, -0.05) is 19.6 Å². The SMILES string of the molecule is C[Si](C)(C)C#CCC(O)CCl. The Balaban J connectivity index is 3.73. The highest BCUT2D eigenvalue weighted by Crippen LogP contribution is 1.98. The third kappa shape index (κ3) is 7.93. The van der Waals surface area contributed by atoms with Gasteiger partial charge in [-0.05, 0) is 0 Å². The van der Waals surface area contributed by atoms with Crippen molar-refractivity contribution in [2.45, 2.75) is 32.2 Å². The third-order valence-corrected chi connectivity index (χ3v) is 2.26. The van der Waals surface area contributed by atoms with E-state index >= 15 is 0 Å². The summed E-state index contributed by atoms with van der Waals surface area (Å²) in [5.74, 6) is 3.23. The van der Waals surface area contributed by atoms with Gasteiger partial charge in [0.1, 0.15) is 8.07 Å². The average Bonchev–Trinajstić information content (AvgIpc) is 1.85. The molecule has 0 aliphatic heterocycles. The molecule has 0 aliphatic rings. The van der Waals surface area contributed by atoms with Crippen molar-refractivity contribution in [2.75, 3.05) is 5.88 Å². The minimum atomic E-state index is -1.25. The predicted octanol–water partition coefficient (Wildman–Crippen LogP) is 1.86. The fraction of sp³-hybridized carbons (Fsp3) is 0.750. The third-order valence-electron chi connectivity index (χ3n) is 0.979. The van der Waals surface area contributed by atoms with E-state index in [4.69, 9.17) is 16.7 Å². The molecule has 0 rings (SSSR count). The first-order valence-corrected chi connectivity index (χ1v) is 7.73. The first-order chi connectivity index (χ1) is 4.95. The fourth-order valence-corrected chi connectivity index (χ4v) is 1.23. The van der Waals surface area contributed by atoms with Crippen LogP contribution in [0.1, 0.15) is 6.42 Å². The first kappa shape index (κ1) is 11.0. The molecule has 0 aliphatic carbocycles. The van der Waals surface area contributed by atoms with Gasteiger partial charge in [-0.3, -0.25) is 0 Å². The zero-order valence-corrected chi connectivity index (χ0v) is 9.07. The van der Waals surface area contributed by atoms with Crippen molar-refractivity contribution in [3.63, 3.8) is 0 Å². The summed E-state index contributed by atoms with van der Waals surface area (Å²) in [6.07, 6.45) is 0.0499. The largest absolute Gasteiger partial charge is 0.391 e. The molecule has 11 heavy (non-hydrogen) atoms. The number of hydrogen-bond donors (Lipinski definition) is 1. The van der Waals surface area contributed by atoms with E-state index in [-0.39, 0.29) is 5.88 Å². The summed E-state index contributed by atoms with van der Waals surface area (Å²) in [7, 11) is -1.25. The summed E-state index contributed by atoms with van der Waals surface area (Å²) in [4.78, 5) is 0. The number of alkyl halides is 1. The molecule has 0 radical (unpaired) electrons. The Bertz CT molecular complexity index is 163. The molecule has 1 atom stereocenters. The Morgan fingerprint density at radius 3 is 2.36 bits per heavy atom. The maximum absolute atomic E-state index is 9.04. The second kappa shape index (κ2) is 4.81. The molecule has 1 unspecified atom stereocenters. The quantitative estimate of drug-likeness (QED) is 0.401. The summed E-state index contributed by atoms with van der Waals surface area (Å²) in [6, 6.07) is 0. The predicted molar refractivity (Wildman–Crippen MR) is 52.5 cm³/mol. The molecule has 0 aromatic rings. The van der Waals surface area contributed by atoms with Gasteiger partial charge in [-0.25, -0.2) is 0 Å². The fourth-order valence-electron chi connectivity index (χ4n) is 0.489. The van der Waals surface area contributed by atoms with Crippen molar-refractivity contribution < 1.29 is 5.11 Å². The van der Waals surface area contributed by atoms with Gasteiger partial charge < -0.3 is 5.11 Å². The second-order valence-corrected chi connectivity index (χ2v) is 8.62. The number of halogens is 1. The molecular formula is C8H15ClOSi. The Morgan fingerprint density at radius 2 is 2.00 bits per heavy atom. The van der Waals surface area contributed by atoms with E-state index in [1.807, 2.05) is 0 Å². The van der Waals surface area contributed by atoms with Crippen molar-refractivity contribution in [1.82, 2.24) is 0 Å². The molecule has 64 valence electrons. The monoisotopic (exact) mass is 190 g/mol. The minimum Gasteiger partial charge on any atom is -0.391 e. The van der Waals surface area contributed by atoms with Crippen molar-refractivity contribution in [3.8, 4) is 11.5 Å². The van der Waals surface area contributed by atoms with Crippen LogP contribution in [0.15, 0.2) is 0 Å². The smallest absolute Gasteiger partial charge is 0.129 e. The lowest BCUT2D eigenvalue weighted by atomic mass is 10.3. The maximum Gasteiger partial charge on any atom is 0.129 e. The van der Waals surface area contributed by atoms with Crippen LogP contribution in [0.5, 0.6) is 0 Å².